The van der Waals surface area contributed by atoms with Gasteiger partial charge >= 0.3 is 0 Å². The molecule has 0 aromatic carbocycles. The molecule has 22 heteroatoms. The largest absolute Gasteiger partial charge is 0.466 e. The molecule has 0 saturated heterocycles. The first-order chi connectivity index (χ1) is 52.3. The summed E-state index contributed by atoms with van der Waals surface area (Å²) in [5, 5.41) is 28.8. The highest BCUT2D eigenvalue weighted by Crippen LogP contribution is 2.23. The van der Waals surface area contributed by atoms with E-state index in [0.29, 0.717) is 76.9 Å². The predicted molar refractivity (Wildman–Crippen MR) is 456 cm³/mol. The molecule has 0 amide bonds. The highest BCUT2D eigenvalue weighted by molar-refractivity contribution is 5.24. The number of nitrogens with zero attached hydrogens (tertiary/aromatic N) is 13. The van der Waals surface area contributed by atoms with Crippen molar-refractivity contribution in [1.29, 1.82) is 0 Å². The van der Waals surface area contributed by atoms with Crippen LogP contribution in [0.2, 0.25) is 0 Å². The van der Waals surface area contributed by atoms with Crippen LogP contribution in [0, 0.1) is 20.8 Å². The third-order valence-electron chi connectivity index (χ3n) is 16.7. The highest BCUT2D eigenvalue weighted by atomic mass is 16.5. The van der Waals surface area contributed by atoms with Crippen molar-refractivity contribution >= 4 is 0 Å². The number of oxazole rings is 2. The first-order valence-electron chi connectivity index (χ1n) is 39.3. The van der Waals surface area contributed by atoms with Gasteiger partial charge in [0.25, 0.3) is 0 Å². The zero-order valence-electron chi connectivity index (χ0n) is 73.9. The van der Waals surface area contributed by atoms with Crippen molar-refractivity contribution in [3.8, 4) is 0 Å². The number of hydrogen-bond acceptors (Lipinski definition) is 14. The van der Waals surface area contributed by atoms with E-state index in [9.17, 15) is 0 Å². The maximum atomic E-state index is 5.34. The Labute approximate surface area is 666 Å². The molecular weight excluding hydrogens is 1390 g/mol. The Morgan fingerprint density at radius 1 is 0.441 bits per heavy atom. The molecule has 0 aliphatic heterocycles. The van der Waals surface area contributed by atoms with Crippen LogP contribution in [0.15, 0.2) is 189 Å². The van der Waals surface area contributed by atoms with E-state index >= 15 is 0 Å². The maximum absolute atomic E-state index is 5.34. The number of imidazole rings is 1. The Balaban J connectivity index is 0.000000602. The average molecular weight is 1530 g/mol. The Morgan fingerprint density at radius 2 is 1.05 bits per heavy atom. The number of furan rings is 1. The molecule has 13 heterocycles. The topological polar surface area (TPSA) is 265 Å². The number of H-pyrrole nitrogens is 4. The van der Waals surface area contributed by atoms with Crippen LogP contribution in [0.4, 0.5) is 0 Å². The molecule has 0 spiro atoms. The summed E-state index contributed by atoms with van der Waals surface area (Å²) in [6.45, 7) is 61.5. The molecule has 13 aromatic rings. The molecule has 13 aromatic heterocycles. The predicted octanol–water partition coefficient (Wildman–Crippen LogP) is 24.6. The smallest absolute Gasteiger partial charge is 0.196 e. The summed E-state index contributed by atoms with van der Waals surface area (Å²) < 4.78 is 33.0. The van der Waals surface area contributed by atoms with Crippen molar-refractivity contribution in [1.82, 2.24) is 84.3 Å². The third-order valence-corrected chi connectivity index (χ3v) is 16.7. The van der Waals surface area contributed by atoms with Gasteiger partial charge in [-0.05, 0) is 146 Å². The van der Waals surface area contributed by atoms with Crippen molar-refractivity contribution in [3.63, 3.8) is 0 Å². The Hall–Kier alpha value is -9.99. The van der Waals surface area contributed by atoms with E-state index in [4.69, 9.17) is 17.8 Å². The molecular formula is C89H143N17O5. The van der Waals surface area contributed by atoms with Crippen LogP contribution >= 0.6 is 0 Å². The summed E-state index contributed by atoms with van der Waals surface area (Å²) in [5.74, 6) is 13.0. The number of aryl methyl sites for hydroxylation is 7. The van der Waals surface area contributed by atoms with Gasteiger partial charge in [-0.25, -0.2) is 15.0 Å². The molecule has 614 valence electrons. The van der Waals surface area contributed by atoms with Crippen LogP contribution in [0.3, 0.4) is 0 Å². The molecule has 0 bridgehead atoms. The number of hydrogen-bond donors (Lipinski definition) is 4. The van der Waals surface area contributed by atoms with Crippen molar-refractivity contribution in [2.24, 2.45) is 28.2 Å². The first-order valence-corrected chi connectivity index (χ1v) is 39.3. The monoisotopic (exact) mass is 1530 g/mol. The molecule has 0 fully saturated rings. The molecule has 4 N–H and O–H groups in total. The van der Waals surface area contributed by atoms with Gasteiger partial charge in [-0.2, -0.15) is 20.4 Å². The lowest BCUT2D eigenvalue weighted by Gasteiger charge is -2.04. The molecule has 0 aliphatic rings. The number of aromatic nitrogens is 17. The quantitative estimate of drug-likeness (QED) is 0.0837. The molecule has 0 atom stereocenters. The second kappa shape index (κ2) is 54.6. The summed E-state index contributed by atoms with van der Waals surface area (Å²) in [5.41, 5.74) is 12.6. The summed E-state index contributed by atoms with van der Waals surface area (Å²) >= 11 is 0. The van der Waals surface area contributed by atoms with E-state index in [-0.39, 0.29) is 0 Å². The fourth-order valence-electron chi connectivity index (χ4n) is 9.90. The minimum absolute atomic E-state index is 0.407. The number of rotatable bonds is 13. The minimum Gasteiger partial charge on any atom is -0.466 e. The lowest BCUT2D eigenvalue weighted by Crippen LogP contribution is -1.98. The van der Waals surface area contributed by atoms with Crippen LogP contribution in [0.5, 0.6) is 0 Å². The molecule has 0 unspecified atom stereocenters. The average Bonchev–Trinajstić information content (AvgIpc) is 1.70. The van der Waals surface area contributed by atoms with Gasteiger partial charge in [0.15, 0.2) is 12.3 Å². The number of nitrogens with one attached hydrogen (secondary N) is 4. The second-order valence-electron chi connectivity index (χ2n) is 31.0. The van der Waals surface area contributed by atoms with Crippen molar-refractivity contribution < 1.29 is 22.3 Å². The second-order valence-corrected chi connectivity index (χ2v) is 31.0. The zero-order valence-corrected chi connectivity index (χ0v) is 73.9. The molecule has 22 nitrogen and oxygen atoms in total. The van der Waals surface area contributed by atoms with Gasteiger partial charge in [-0.15, -0.1) is 0 Å². The van der Waals surface area contributed by atoms with E-state index in [1.54, 1.807) is 43.5 Å². The standard InChI is InChI=1S/C8H13NO.2C8H13N.C8H12O.2C7H12N2.C7H11N.3C6H10N2.3C6H9NO/c1-5(2)8-6(3)9-10-7(8)4;2*1-7(2)8-5-4-6-9(8)3;1-6(2)8-5-4-7(3)9-8;1-6(2)7-4-8-9(3)5-7;1-6(2)7-4-5-8-9(7)3;1-6(2)7-4-3-5-8-7;1-5(2)6-3-7-8-4-6;1-5(2)6-7-3-4-8-6;1-5(2)6-3-4-7-8-6;1-5(2)6-3-7-4-8-6;1-5(2)6-3-7-8-4-6;1-5(2)6-7-3-4-8-6/h5H,1-4H3;2*4-7H,1-3H3;3*4-6H,1-3H3;3-6,8H,1-2H3;3*3-5H,1-2H3,(H,7,8);3*3-5H,1-2H3. The molecule has 0 saturated carbocycles. The Bertz CT molecular complexity index is 3610. The van der Waals surface area contributed by atoms with Crippen LogP contribution in [-0.2, 0) is 28.2 Å². The van der Waals surface area contributed by atoms with Gasteiger partial charge in [0.05, 0.1) is 36.7 Å². The van der Waals surface area contributed by atoms with Crippen molar-refractivity contribution in [3.05, 3.63) is 258 Å². The Kier molecular flexibility index (Phi) is 48.7. The van der Waals surface area contributed by atoms with E-state index in [2.05, 4.69) is 302 Å². The number of aromatic amines is 4. The summed E-state index contributed by atoms with van der Waals surface area (Å²) in [6, 6.07) is 20.7. The summed E-state index contributed by atoms with van der Waals surface area (Å²) in [4.78, 5) is 17.9. The van der Waals surface area contributed by atoms with E-state index < -0.39 is 0 Å². The van der Waals surface area contributed by atoms with E-state index in [0.717, 1.165) is 46.0 Å². The van der Waals surface area contributed by atoms with Crippen LogP contribution in [-0.4, -0.2) is 84.3 Å². The highest BCUT2D eigenvalue weighted by Gasteiger charge is 2.12. The van der Waals surface area contributed by atoms with E-state index in [1.807, 2.05) is 132 Å². The van der Waals surface area contributed by atoms with Gasteiger partial charge < -0.3 is 41.4 Å². The zero-order chi connectivity index (χ0) is 83.9. The molecule has 0 radical (unpaired) electrons. The van der Waals surface area contributed by atoms with Crippen molar-refractivity contribution in [2.75, 3.05) is 0 Å². The van der Waals surface area contributed by atoms with Crippen LogP contribution in [0.1, 0.15) is 348 Å². The third kappa shape index (κ3) is 41.6. The summed E-state index contributed by atoms with van der Waals surface area (Å²) in [6.07, 6.45) is 30.9. The van der Waals surface area contributed by atoms with Crippen LogP contribution in [0.25, 0.3) is 0 Å². The molecule has 0 aliphatic carbocycles. The summed E-state index contributed by atoms with van der Waals surface area (Å²) in [7, 11) is 8.06. The SMILES string of the molecule is CC(C)c1ccc[nH]1.CC(C)c1cccn1C.CC(C)c1cccn1C.CC(C)c1ccn[nH]1.CC(C)c1ccnn1C.CC(C)c1cn[nH]c1.CC(C)c1cnco1.CC(C)c1cnn(C)c1.CC(C)c1cnoc1.CC(C)c1ncc[nH]1.CC(C)c1ncco1.Cc1ccc(C(C)C)o1.Cc1noc(C)c1C(C)C. The van der Waals surface area contributed by atoms with Gasteiger partial charge in [0.1, 0.15) is 41.4 Å². The fraction of sp³-hybridized carbons (Fsp3) is 0.517. The minimum atomic E-state index is 0.407. The van der Waals surface area contributed by atoms with Gasteiger partial charge in [0.2, 0.25) is 0 Å². The maximum Gasteiger partial charge on any atom is 0.196 e. The van der Waals surface area contributed by atoms with Crippen LogP contribution < -0.4 is 0 Å². The van der Waals surface area contributed by atoms with Crippen molar-refractivity contribution in [2.45, 2.75) is 278 Å². The fourth-order valence-corrected chi connectivity index (χ4v) is 9.90. The molecule has 111 heavy (non-hydrogen) atoms. The lowest BCUT2D eigenvalue weighted by molar-refractivity contribution is 0.392. The van der Waals surface area contributed by atoms with Gasteiger partial charge in [-0.3, -0.25) is 19.6 Å². The molecule has 13 rings (SSSR count). The Morgan fingerprint density at radius 3 is 1.26 bits per heavy atom. The first kappa shape index (κ1) is 99.0. The normalized spacial score (nSPS) is 10.5. The van der Waals surface area contributed by atoms with E-state index in [1.165, 1.54) is 51.6 Å². The van der Waals surface area contributed by atoms with Gasteiger partial charge in [0, 0.05) is 147 Å². The lowest BCUT2D eigenvalue weighted by atomic mass is 10.0. The van der Waals surface area contributed by atoms with Gasteiger partial charge in [-0.1, -0.05) is 190 Å².